The molecule has 1 heterocycles. The predicted molar refractivity (Wildman–Crippen MR) is 91.5 cm³/mol. The zero-order chi connectivity index (χ0) is 15.5. The van der Waals surface area contributed by atoms with Crippen LogP contribution in [0.15, 0.2) is 44.4 Å². The fourth-order valence-corrected chi connectivity index (χ4v) is 4.57. The first-order valence-corrected chi connectivity index (χ1v) is 9.16. The second kappa shape index (κ2) is 6.73. The number of sulfonamides is 1. The Morgan fingerprint density at radius 3 is 2.76 bits per heavy atom. The molecule has 0 aliphatic carbocycles. The molecule has 0 aliphatic heterocycles. The third-order valence-electron chi connectivity index (χ3n) is 2.28. The van der Waals surface area contributed by atoms with Crippen molar-refractivity contribution in [2.24, 2.45) is 5.73 Å². The molecule has 1 aromatic carbocycles. The number of thiocarbonyl (C=S) groups is 1. The standard InChI is InChI=1S/C12H11BrN2O3S3/c13-10-4-5-12(20-10)21(16,17)15-8-2-1-3-9(6-8)18-7-11(14)19/h1-6,15H,7H2,(H2,14,19). The van der Waals surface area contributed by atoms with Crippen LogP contribution in [0.2, 0.25) is 0 Å². The Labute approximate surface area is 140 Å². The maximum atomic E-state index is 12.2. The number of nitrogens with one attached hydrogen (secondary N) is 1. The van der Waals surface area contributed by atoms with Crippen LogP contribution in [0.4, 0.5) is 5.69 Å². The summed E-state index contributed by atoms with van der Waals surface area (Å²) in [7, 11) is -3.61. The van der Waals surface area contributed by atoms with Crippen molar-refractivity contribution >= 4 is 60.2 Å². The Kier molecular flexibility index (Phi) is 5.20. The van der Waals surface area contributed by atoms with Crippen LogP contribution < -0.4 is 15.2 Å². The number of thiophene rings is 1. The van der Waals surface area contributed by atoms with Crippen molar-refractivity contribution in [3.8, 4) is 5.75 Å². The summed E-state index contributed by atoms with van der Waals surface area (Å²) in [6.45, 7) is 0.101. The number of ether oxygens (including phenoxy) is 1. The normalized spacial score (nSPS) is 11.1. The molecule has 0 saturated carbocycles. The van der Waals surface area contributed by atoms with Gasteiger partial charge in [-0.15, -0.1) is 11.3 Å². The Balaban J connectivity index is 2.16. The molecule has 0 spiro atoms. The van der Waals surface area contributed by atoms with E-state index in [9.17, 15) is 8.42 Å². The Morgan fingerprint density at radius 2 is 2.14 bits per heavy atom. The molecule has 9 heteroatoms. The summed E-state index contributed by atoms with van der Waals surface area (Å²) < 4.78 is 33.2. The molecular weight excluding hydrogens is 396 g/mol. The SMILES string of the molecule is NC(=S)COc1cccc(NS(=O)(=O)c2ccc(Br)s2)c1. The fraction of sp³-hybridized carbons (Fsp3) is 0.0833. The lowest BCUT2D eigenvalue weighted by Crippen LogP contribution is -2.18. The highest BCUT2D eigenvalue weighted by Gasteiger charge is 2.16. The van der Waals surface area contributed by atoms with Gasteiger partial charge in [-0.3, -0.25) is 4.72 Å². The lowest BCUT2D eigenvalue weighted by molar-refractivity contribution is 0.378. The summed E-state index contributed by atoms with van der Waals surface area (Å²) in [5.41, 5.74) is 5.75. The van der Waals surface area contributed by atoms with Crippen LogP contribution >= 0.6 is 39.5 Å². The molecule has 2 aromatic rings. The maximum Gasteiger partial charge on any atom is 0.271 e. The van der Waals surface area contributed by atoms with Gasteiger partial charge in [0.2, 0.25) is 0 Å². The van der Waals surface area contributed by atoms with Crippen LogP contribution in [-0.4, -0.2) is 20.0 Å². The molecule has 0 atom stereocenters. The van der Waals surface area contributed by atoms with Crippen LogP contribution in [-0.2, 0) is 10.0 Å². The van der Waals surface area contributed by atoms with Crippen molar-refractivity contribution in [3.63, 3.8) is 0 Å². The van der Waals surface area contributed by atoms with Gasteiger partial charge in [0.1, 0.15) is 21.6 Å². The third-order valence-corrected chi connectivity index (χ3v) is 5.90. The topological polar surface area (TPSA) is 81.4 Å². The first kappa shape index (κ1) is 16.2. The van der Waals surface area contributed by atoms with Crippen LogP contribution in [0.3, 0.4) is 0 Å². The van der Waals surface area contributed by atoms with E-state index in [0.29, 0.717) is 11.4 Å². The minimum absolute atomic E-state index is 0.101. The molecule has 1 aromatic heterocycles. The number of nitrogens with two attached hydrogens (primary N) is 1. The van der Waals surface area contributed by atoms with Gasteiger partial charge in [0, 0.05) is 6.07 Å². The van der Waals surface area contributed by atoms with Crippen molar-refractivity contribution in [2.75, 3.05) is 11.3 Å². The van der Waals surface area contributed by atoms with Crippen molar-refractivity contribution in [3.05, 3.63) is 40.2 Å². The molecule has 0 saturated heterocycles. The summed E-state index contributed by atoms with van der Waals surface area (Å²) in [6.07, 6.45) is 0. The van der Waals surface area contributed by atoms with Crippen molar-refractivity contribution in [2.45, 2.75) is 4.21 Å². The van der Waals surface area contributed by atoms with Crippen LogP contribution in [0.5, 0.6) is 5.75 Å². The van der Waals surface area contributed by atoms with Gasteiger partial charge in [0.05, 0.1) is 9.47 Å². The van der Waals surface area contributed by atoms with Crippen molar-refractivity contribution in [1.29, 1.82) is 0 Å². The Bertz CT molecular complexity index is 759. The summed E-state index contributed by atoms with van der Waals surface area (Å²) >= 11 is 9.09. The molecule has 5 nitrogen and oxygen atoms in total. The smallest absolute Gasteiger partial charge is 0.271 e. The molecule has 0 amide bonds. The number of anilines is 1. The monoisotopic (exact) mass is 406 g/mol. The summed E-state index contributed by atoms with van der Waals surface area (Å²) in [4.78, 5) is 0.226. The molecule has 112 valence electrons. The van der Waals surface area contributed by atoms with E-state index in [4.69, 9.17) is 22.7 Å². The second-order valence-electron chi connectivity index (χ2n) is 3.95. The number of benzene rings is 1. The lowest BCUT2D eigenvalue weighted by Gasteiger charge is -2.09. The van der Waals surface area contributed by atoms with Gasteiger partial charge in [-0.1, -0.05) is 18.3 Å². The van der Waals surface area contributed by atoms with E-state index in [-0.39, 0.29) is 15.8 Å². The summed E-state index contributed by atoms with van der Waals surface area (Å²) in [5.74, 6) is 0.482. The van der Waals surface area contributed by atoms with Crippen LogP contribution in [0, 0.1) is 0 Å². The molecule has 3 N–H and O–H groups in total. The minimum atomic E-state index is -3.61. The minimum Gasteiger partial charge on any atom is -0.486 e. The first-order valence-electron chi connectivity index (χ1n) is 5.66. The predicted octanol–water partition coefficient (Wildman–Crippen LogP) is 2.98. The van der Waals surface area contributed by atoms with Gasteiger partial charge in [0.15, 0.2) is 0 Å². The number of hydrogen-bond acceptors (Lipinski definition) is 5. The van der Waals surface area contributed by atoms with E-state index in [1.807, 2.05) is 0 Å². The molecular formula is C12H11BrN2O3S3. The van der Waals surface area contributed by atoms with E-state index in [0.717, 1.165) is 15.1 Å². The van der Waals surface area contributed by atoms with E-state index in [1.165, 1.54) is 6.07 Å². The van der Waals surface area contributed by atoms with Gasteiger partial charge in [-0.25, -0.2) is 8.42 Å². The highest BCUT2D eigenvalue weighted by molar-refractivity contribution is 9.11. The molecule has 21 heavy (non-hydrogen) atoms. The average molecular weight is 407 g/mol. The summed E-state index contributed by atoms with van der Waals surface area (Å²) in [6, 6.07) is 9.78. The quantitative estimate of drug-likeness (QED) is 0.720. The Hall–Kier alpha value is -1.16. The third kappa shape index (κ3) is 4.67. The largest absolute Gasteiger partial charge is 0.486 e. The molecule has 0 radical (unpaired) electrons. The van der Waals surface area contributed by atoms with Crippen LogP contribution in [0.25, 0.3) is 0 Å². The van der Waals surface area contributed by atoms with Gasteiger partial charge < -0.3 is 10.5 Å². The van der Waals surface area contributed by atoms with E-state index in [1.54, 1.807) is 30.3 Å². The first-order chi connectivity index (χ1) is 9.87. The number of halogens is 1. The fourth-order valence-electron chi connectivity index (χ4n) is 1.45. The van der Waals surface area contributed by atoms with Gasteiger partial charge >= 0.3 is 0 Å². The maximum absolute atomic E-state index is 12.2. The van der Waals surface area contributed by atoms with E-state index in [2.05, 4.69) is 20.7 Å². The molecule has 0 aliphatic rings. The van der Waals surface area contributed by atoms with Gasteiger partial charge in [0.25, 0.3) is 10.0 Å². The number of rotatable bonds is 6. The van der Waals surface area contributed by atoms with Gasteiger partial charge in [-0.2, -0.15) is 0 Å². The zero-order valence-corrected chi connectivity index (χ0v) is 14.6. The molecule has 0 fully saturated rings. The highest BCUT2D eigenvalue weighted by atomic mass is 79.9. The molecule has 0 bridgehead atoms. The Morgan fingerprint density at radius 1 is 1.38 bits per heavy atom. The van der Waals surface area contributed by atoms with Crippen molar-refractivity contribution in [1.82, 2.24) is 0 Å². The average Bonchev–Trinajstić information content (AvgIpc) is 2.84. The van der Waals surface area contributed by atoms with E-state index >= 15 is 0 Å². The summed E-state index contributed by atoms with van der Waals surface area (Å²) in [5, 5.41) is 0. The second-order valence-corrected chi connectivity index (χ2v) is 8.84. The van der Waals surface area contributed by atoms with E-state index < -0.39 is 10.0 Å². The van der Waals surface area contributed by atoms with Crippen molar-refractivity contribution < 1.29 is 13.2 Å². The highest BCUT2D eigenvalue weighted by Crippen LogP contribution is 2.28. The molecule has 0 unspecified atom stereocenters. The zero-order valence-electron chi connectivity index (χ0n) is 10.6. The number of hydrogen-bond donors (Lipinski definition) is 2. The lowest BCUT2D eigenvalue weighted by atomic mass is 10.3. The van der Waals surface area contributed by atoms with Gasteiger partial charge in [-0.05, 0) is 40.2 Å². The van der Waals surface area contributed by atoms with Crippen LogP contribution in [0.1, 0.15) is 0 Å². The molecule has 2 rings (SSSR count).